The number of anilines is 1. The number of nitrogens with one attached hydrogen (secondary N) is 1. The molecular weight excluding hydrogens is 300 g/mol. The Kier molecular flexibility index (Phi) is 5.36. The molecule has 0 amide bonds. The highest BCUT2D eigenvalue weighted by Gasteiger charge is 2.10. The fourth-order valence-corrected chi connectivity index (χ4v) is 1.86. The van der Waals surface area contributed by atoms with Crippen molar-refractivity contribution in [3.8, 4) is 5.75 Å². The van der Waals surface area contributed by atoms with Gasteiger partial charge in [-0.25, -0.2) is 8.78 Å². The van der Waals surface area contributed by atoms with Crippen molar-refractivity contribution in [2.24, 2.45) is 0 Å². The van der Waals surface area contributed by atoms with E-state index in [-0.39, 0.29) is 18.8 Å². The monoisotopic (exact) mass is 313 g/mol. The molecule has 2 aromatic rings. The molecule has 0 aliphatic rings. The van der Waals surface area contributed by atoms with E-state index in [1.165, 1.54) is 12.1 Å². The van der Waals surface area contributed by atoms with Crippen LogP contribution in [0.2, 0.25) is 5.02 Å². The first-order chi connectivity index (χ1) is 10.1. The largest absolute Gasteiger partial charge is 0.491 e. The Bertz CT molecular complexity index is 610. The fourth-order valence-electron chi connectivity index (χ4n) is 1.68. The summed E-state index contributed by atoms with van der Waals surface area (Å²) in [7, 11) is 0. The van der Waals surface area contributed by atoms with Crippen LogP contribution in [0.3, 0.4) is 0 Å². The van der Waals surface area contributed by atoms with Gasteiger partial charge in [0.2, 0.25) is 0 Å². The van der Waals surface area contributed by atoms with Gasteiger partial charge in [-0.2, -0.15) is 0 Å². The van der Waals surface area contributed by atoms with Gasteiger partial charge >= 0.3 is 0 Å². The number of aliphatic hydroxyl groups excluding tert-OH is 1. The summed E-state index contributed by atoms with van der Waals surface area (Å²) in [6.07, 6.45) is -0.883. The van der Waals surface area contributed by atoms with Crippen LogP contribution in [0.1, 0.15) is 0 Å². The summed E-state index contributed by atoms with van der Waals surface area (Å²) < 4.78 is 31.7. The number of hydrogen-bond acceptors (Lipinski definition) is 3. The van der Waals surface area contributed by atoms with Crippen molar-refractivity contribution in [3.05, 3.63) is 59.1 Å². The summed E-state index contributed by atoms with van der Waals surface area (Å²) in [5.41, 5.74) is -0.00296. The normalized spacial score (nSPS) is 12.0. The standard InChI is InChI=1S/C15H14ClF2NO2/c16-10-3-1-4-12(7-10)21-9-11(20)8-19-14-6-2-5-13(17)15(14)18/h1-7,11,19-20H,8-9H2. The van der Waals surface area contributed by atoms with Gasteiger partial charge in [0.15, 0.2) is 11.6 Å². The summed E-state index contributed by atoms with van der Waals surface area (Å²) in [4.78, 5) is 0. The zero-order chi connectivity index (χ0) is 15.2. The molecule has 0 heterocycles. The molecule has 0 radical (unpaired) electrons. The molecule has 112 valence electrons. The first-order valence-electron chi connectivity index (χ1n) is 6.30. The van der Waals surface area contributed by atoms with Crippen molar-refractivity contribution in [2.75, 3.05) is 18.5 Å². The first-order valence-corrected chi connectivity index (χ1v) is 6.68. The van der Waals surface area contributed by atoms with Crippen molar-refractivity contribution < 1.29 is 18.6 Å². The third-order valence-electron chi connectivity index (χ3n) is 2.72. The summed E-state index contributed by atoms with van der Waals surface area (Å²) in [5, 5.41) is 12.9. The number of halogens is 3. The molecule has 0 aliphatic carbocycles. The lowest BCUT2D eigenvalue weighted by Crippen LogP contribution is -2.26. The summed E-state index contributed by atoms with van der Waals surface area (Å²) in [6.45, 7) is 0.0330. The lowest BCUT2D eigenvalue weighted by molar-refractivity contribution is 0.117. The Morgan fingerprint density at radius 3 is 2.71 bits per heavy atom. The summed E-state index contributed by atoms with van der Waals surface area (Å²) in [5.74, 6) is -1.39. The van der Waals surface area contributed by atoms with E-state index in [1.54, 1.807) is 24.3 Å². The van der Waals surface area contributed by atoms with E-state index in [0.717, 1.165) is 6.07 Å². The predicted molar refractivity (Wildman–Crippen MR) is 77.8 cm³/mol. The molecule has 0 saturated carbocycles. The van der Waals surface area contributed by atoms with E-state index in [2.05, 4.69) is 5.32 Å². The molecule has 0 aromatic heterocycles. The van der Waals surface area contributed by atoms with Gasteiger partial charge in [-0.15, -0.1) is 0 Å². The maximum absolute atomic E-state index is 13.4. The maximum atomic E-state index is 13.4. The Morgan fingerprint density at radius 2 is 1.95 bits per heavy atom. The second-order valence-corrected chi connectivity index (χ2v) is 4.84. The molecule has 0 fully saturated rings. The smallest absolute Gasteiger partial charge is 0.181 e. The third kappa shape index (κ3) is 4.58. The number of aliphatic hydroxyl groups is 1. The SMILES string of the molecule is OC(CNc1cccc(F)c1F)COc1cccc(Cl)c1. The molecule has 2 rings (SSSR count). The van der Waals surface area contributed by atoms with E-state index in [4.69, 9.17) is 16.3 Å². The van der Waals surface area contributed by atoms with Gasteiger partial charge in [0.05, 0.1) is 5.69 Å². The van der Waals surface area contributed by atoms with Gasteiger partial charge in [-0.1, -0.05) is 23.7 Å². The van der Waals surface area contributed by atoms with Crippen LogP contribution in [-0.4, -0.2) is 24.4 Å². The van der Waals surface area contributed by atoms with Crippen LogP contribution in [0.4, 0.5) is 14.5 Å². The molecule has 2 aromatic carbocycles. The van der Waals surface area contributed by atoms with Crippen molar-refractivity contribution in [3.63, 3.8) is 0 Å². The van der Waals surface area contributed by atoms with E-state index in [1.807, 2.05) is 0 Å². The lowest BCUT2D eigenvalue weighted by Gasteiger charge is -2.14. The Balaban J connectivity index is 1.82. The van der Waals surface area contributed by atoms with Crippen molar-refractivity contribution in [1.82, 2.24) is 0 Å². The third-order valence-corrected chi connectivity index (χ3v) is 2.95. The first kappa shape index (κ1) is 15.5. The Morgan fingerprint density at radius 1 is 1.19 bits per heavy atom. The van der Waals surface area contributed by atoms with Gasteiger partial charge in [0, 0.05) is 11.6 Å². The zero-order valence-electron chi connectivity index (χ0n) is 11.0. The number of rotatable bonds is 6. The van der Waals surface area contributed by atoms with E-state index in [0.29, 0.717) is 10.8 Å². The van der Waals surface area contributed by atoms with E-state index >= 15 is 0 Å². The highest BCUT2D eigenvalue weighted by molar-refractivity contribution is 6.30. The minimum Gasteiger partial charge on any atom is -0.491 e. The molecule has 1 unspecified atom stereocenters. The molecule has 0 saturated heterocycles. The van der Waals surface area contributed by atoms with Crippen molar-refractivity contribution >= 4 is 17.3 Å². The minimum absolute atomic E-state index is 0.00296. The summed E-state index contributed by atoms with van der Waals surface area (Å²) in [6, 6.07) is 10.6. The molecule has 1 atom stereocenters. The van der Waals surface area contributed by atoms with Gasteiger partial charge in [-0.3, -0.25) is 0 Å². The van der Waals surface area contributed by atoms with Crippen LogP contribution in [-0.2, 0) is 0 Å². The summed E-state index contributed by atoms with van der Waals surface area (Å²) >= 11 is 5.80. The van der Waals surface area contributed by atoms with Crippen LogP contribution in [0.15, 0.2) is 42.5 Å². The topological polar surface area (TPSA) is 41.5 Å². The van der Waals surface area contributed by atoms with Crippen LogP contribution < -0.4 is 10.1 Å². The molecular formula is C15H14ClF2NO2. The van der Waals surface area contributed by atoms with Gasteiger partial charge in [0.1, 0.15) is 18.5 Å². The predicted octanol–water partition coefficient (Wildman–Crippen LogP) is 3.47. The van der Waals surface area contributed by atoms with Crippen LogP contribution in [0, 0.1) is 11.6 Å². The highest BCUT2D eigenvalue weighted by atomic mass is 35.5. The Labute approximate surface area is 126 Å². The number of ether oxygens (including phenoxy) is 1. The number of benzene rings is 2. The van der Waals surface area contributed by atoms with Crippen LogP contribution in [0.5, 0.6) is 5.75 Å². The Hall–Kier alpha value is -1.85. The average molecular weight is 314 g/mol. The van der Waals surface area contributed by atoms with E-state index in [9.17, 15) is 13.9 Å². The molecule has 3 nitrogen and oxygen atoms in total. The highest BCUT2D eigenvalue weighted by Crippen LogP contribution is 2.18. The van der Waals surface area contributed by atoms with Gasteiger partial charge in [-0.05, 0) is 30.3 Å². The maximum Gasteiger partial charge on any atom is 0.181 e. The van der Waals surface area contributed by atoms with Gasteiger partial charge in [0.25, 0.3) is 0 Å². The van der Waals surface area contributed by atoms with Crippen LogP contribution in [0.25, 0.3) is 0 Å². The molecule has 0 aliphatic heterocycles. The molecule has 6 heteroatoms. The molecule has 2 N–H and O–H groups in total. The van der Waals surface area contributed by atoms with Crippen molar-refractivity contribution in [1.29, 1.82) is 0 Å². The second kappa shape index (κ2) is 7.24. The molecule has 0 bridgehead atoms. The molecule has 0 spiro atoms. The lowest BCUT2D eigenvalue weighted by atomic mass is 10.2. The molecule has 21 heavy (non-hydrogen) atoms. The zero-order valence-corrected chi connectivity index (χ0v) is 11.8. The quantitative estimate of drug-likeness (QED) is 0.858. The van der Waals surface area contributed by atoms with E-state index < -0.39 is 17.7 Å². The van der Waals surface area contributed by atoms with Crippen LogP contribution >= 0.6 is 11.6 Å². The van der Waals surface area contributed by atoms with Crippen molar-refractivity contribution in [2.45, 2.75) is 6.10 Å². The fraction of sp³-hybridized carbons (Fsp3) is 0.200. The second-order valence-electron chi connectivity index (χ2n) is 4.40. The van der Waals surface area contributed by atoms with Gasteiger partial charge < -0.3 is 15.2 Å². The minimum atomic E-state index is -0.972. The number of hydrogen-bond donors (Lipinski definition) is 2. The average Bonchev–Trinajstić information content (AvgIpc) is 2.47.